The molecule has 2 aromatic rings. The number of nitrogens with zero attached hydrogens (tertiary/aromatic N) is 6. The average Bonchev–Trinajstić information content (AvgIpc) is 2.89. The molecule has 0 aliphatic rings. The van der Waals surface area contributed by atoms with Gasteiger partial charge >= 0.3 is 0 Å². The third-order valence-corrected chi connectivity index (χ3v) is 2.75. The number of hydrogen-bond acceptors (Lipinski definition) is 6. The lowest BCUT2D eigenvalue weighted by molar-refractivity contribution is 0.581. The van der Waals surface area contributed by atoms with E-state index in [0.717, 1.165) is 13.0 Å². The zero-order valence-corrected chi connectivity index (χ0v) is 11.5. The Morgan fingerprint density at radius 3 is 2.74 bits per heavy atom. The van der Waals surface area contributed by atoms with Crippen LogP contribution in [0.4, 0.5) is 11.9 Å². The molecule has 0 aliphatic heterocycles. The fourth-order valence-electron chi connectivity index (χ4n) is 1.58. The maximum absolute atomic E-state index is 5.74. The normalized spacial score (nSPS) is 10.9. The molecule has 2 rings (SSSR count). The third-order valence-electron chi connectivity index (χ3n) is 2.75. The Kier molecular flexibility index (Phi) is 3.94. The summed E-state index contributed by atoms with van der Waals surface area (Å²) in [6.07, 6.45) is 6.14. The summed E-state index contributed by atoms with van der Waals surface area (Å²) in [6, 6.07) is 0. The molecule has 102 valence electrons. The predicted molar refractivity (Wildman–Crippen MR) is 74.1 cm³/mol. The molecule has 2 N–H and O–H groups in total. The van der Waals surface area contributed by atoms with Crippen molar-refractivity contribution in [2.45, 2.75) is 20.3 Å². The van der Waals surface area contributed by atoms with Crippen molar-refractivity contribution in [1.29, 1.82) is 0 Å². The summed E-state index contributed by atoms with van der Waals surface area (Å²) < 4.78 is 1.71. The summed E-state index contributed by atoms with van der Waals surface area (Å²) in [7, 11) is 1.95. The fraction of sp³-hybridized carbons (Fsp3) is 0.500. The molecule has 0 aromatic carbocycles. The number of aromatic nitrogens is 5. The van der Waals surface area contributed by atoms with Gasteiger partial charge in [0.2, 0.25) is 17.8 Å². The summed E-state index contributed by atoms with van der Waals surface area (Å²) in [6.45, 7) is 5.25. The largest absolute Gasteiger partial charge is 0.368 e. The van der Waals surface area contributed by atoms with Gasteiger partial charge in [-0.15, -0.1) is 0 Å². The van der Waals surface area contributed by atoms with Crippen LogP contribution in [-0.4, -0.2) is 38.1 Å². The minimum absolute atomic E-state index is 0.213. The minimum atomic E-state index is 0.213. The van der Waals surface area contributed by atoms with Crippen LogP contribution in [0.2, 0.25) is 0 Å². The first kappa shape index (κ1) is 13.3. The van der Waals surface area contributed by atoms with Crippen LogP contribution in [0.25, 0.3) is 5.95 Å². The molecule has 0 fully saturated rings. The topological polar surface area (TPSA) is 85.8 Å². The van der Waals surface area contributed by atoms with Crippen molar-refractivity contribution in [2.24, 2.45) is 5.92 Å². The third kappa shape index (κ3) is 3.40. The standard InChI is InChI=1S/C12H19N7/c1-9(2)4-6-18(3)11-15-10(13)16-12(17-11)19-7-5-14-8-19/h5,7-9H,4,6H2,1-3H3,(H2,13,15,16,17). The van der Waals surface area contributed by atoms with Crippen molar-refractivity contribution in [2.75, 3.05) is 24.2 Å². The fourth-order valence-corrected chi connectivity index (χ4v) is 1.58. The molecular formula is C12H19N7. The lowest BCUT2D eigenvalue weighted by Gasteiger charge is -2.18. The Morgan fingerprint density at radius 1 is 1.32 bits per heavy atom. The highest BCUT2D eigenvalue weighted by Gasteiger charge is 2.10. The molecular weight excluding hydrogens is 242 g/mol. The van der Waals surface area contributed by atoms with Crippen molar-refractivity contribution >= 4 is 11.9 Å². The molecule has 0 atom stereocenters. The number of imidazole rings is 1. The van der Waals surface area contributed by atoms with Crippen LogP contribution in [0.15, 0.2) is 18.7 Å². The number of nitrogens with two attached hydrogens (primary N) is 1. The molecule has 7 heteroatoms. The molecule has 7 nitrogen and oxygen atoms in total. The maximum Gasteiger partial charge on any atom is 0.241 e. The zero-order chi connectivity index (χ0) is 13.8. The van der Waals surface area contributed by atoms with Gasteiger partial charge in [-0.3, -0.25) is 4.57 Å². The molecule has 0 aliphatic carbocycles. The van der Waals surface area contributed by atoms with E-state index >= 15 is 0 Å². The SMILES string of the molecule is CC(C)CCN(C)c1nc(N)nc(-n2ccnc2)n1. The van der Waals surface area contributed by atoms with E-state index < -0.39 is 0 Å². The van der Waals surface area contributed by atoms with Gasteiger partial charge in [0.1, 0.15) is 6.33 Å². The smallest absolute Gasteiger partial charge is 0.241 e. The molecule has 2 heterocycles. The maximum atomic E-state index is 5.74. The van der Waals surface area contributed by atoms with Gasteiger partial charge in [0, 0.05) is 26.0 Å². The Labute approximate surface area is 112 Å². The highest BCUT2D eigenvalue weighted by atomic mass is 15.3. The molecule has 0 spiro atoms. The Bertz CT molecular complexity index is 521. The average molecular weight is 261 g/mol. The van der Waals surface area contributed by atoms with E-state index in [1.807, 2.05) is 11.9 Å². The molecule has 19 heavy (non-hydrogen) atoms. The van der Waals surface area contributed by atoms with E-state index in [-0.39, 0.29) is 5.95 Å². The lowest BCUT2D eigenvalue weighted by atomic mass is 10.1. The zero-order valence-electron chi connectivity index (χ0n) is 11.5. The number of hydrogen-bond donors (Lipinski definition) is 1. The summed E-state index contributed by atoms with van der Waals surface area (Å²) in [5.41, 5.74) is 5.74. The lowest BCUT2D eigenvalue weighted by Crippen LogP contribution is -2.23. The monoisotopic (exact) mass is 261 g/mol. The van der Waals surface area contributed by atoms with Crippen LogP contribution in [-0.2, 0) is 0 Å². The quantitative estimate of drug-likeness (QED) is 0.868. The highest BCUT2D eigenvalue weighted by molar-refractivity contribution is 5.37. The van der Waals surface area contributed by atoms with Crippen molar-refractivity contribution in [3.63, 3.8) is 0 Å². The molecule has 0 amide bonds. The van der Waals surface area contributed by atoms with Crippen molar-refractivity contribution in [3.8, 4) is 5.95 Å². The molecule has 0 bridgehead atoms. The molecule has 0 radical (unpaired) electrons. The highest BCUT2D eigenvalue weighted by Crippen LogP contribution is 2.12. The summed E-state index contributed by atoms with van der Waals surface area (Å²) in [4.78, 5) is 18.6. The van der Waals surface area contributed by atoms with Crippen LogP contribution < -0.4 is 10.6 Å². The van der Waals surface area contributed by atoms with Crippen LogP contribution >= 0.6 is 0 Å². The predicted octanol–water partition coefficient (Wildman–Crippen LogP) is 1.12. The van der Waals surface area contributed by atoms with E-state index in [2.05, 4.69) is 33.8 Å². The Balaban J connectivity index is 2.21. The second kappa shape index (κ2) is 5.64. The second-order valence-corrected chi connectivity index (χ2v) is 4.87. The summed E-state index contributed by atoms with van der Waals surface area (Å²) in [5.74, 6) is 1.91. The van der Waals surface area contributed by atoms with Gasteiger partial charge < -0.3 is 10.6 Å². The van der Waals surface area contributed by atoms with Crippen LogP contribution in [0, 0.1) is 5.92 Å². The van der Waals surface area contributed by atoms with Crippen LogP contribution in [0.5, 0.6) is 0 Å². The van der Waals surface area contributed by atoms with E-state index in [9.17, 15) is 0 Å². The van der Waals surface area contributed by atoms with Gasteiger partial charge in [0.05, 0.1) is 0 Å². The van der Waals surface area contributed by atoms with E-state index in [1.54, 1.807) is 23.3 Å². The van der Waals surface area contributed by atoms with Gasteiger partial charge in [0.25, 0.3) is 0 Å². The summed E-state index contributed by atoms with van der Waals surface area (Å²) in [5, 5.41) is 0. The van der Waals surface area contributed by atoms with Crippen molar-refractivity contribution in [1.82, 2.24) is 24.5 Å². The van der Waals surface area contributed by atoms with E-state index in [0.29, 0.717) is 17.8 Å². The first-order valence-corrected chi connectivity index (χ1v) is 6.27. The Hall–Kier alpha value is -2.18. The second-order valence-electron chi connectivity index (χ2n) is 4.87. The van der Waals surface area contributed by atoms with E-state index in [4.69, 9.17) is 5.73 Å². The molecule has 0 unspecified atom stereocenters. The van der Waals surface area contributed by atoms with Gasteiger partial charge in [-0.1, -0.05) is 13.8 Å². The Morgan fingerprint density at radius 2 is 2.11 bits per heavy atom. The molecule has 0 saturated carbocycles. The first-order valence-electron chi connectivity index (χ1n) is 6.27. The first-order chi connectivity index (χ1) is 9.06. The number of nitrogen functional groups attached to an aromatic ring is 1. The van der Waals surface area contributed by atoms with E-state index in [1.165, 1.54) is 0 Å². The van der Waals surface area contributed by atoms with Gasteiger partial charge in [-0.05, 0) is 12.3 Å². The molecule has 0 saturated heterocycles. The van der Waals surface area contributed by atoms with Crippen LogP contribution in [0.1, 0.15) is 20.3 Å². The molecule has 2 aromatic heterocycles. The van der Waals surface area contributed by atoms with Gasteiger partial charge in [-0.2, -0.15) is 15.0 Å². The van der Waals surface area contributed by atoms with Crippen molar-refractivity contribution < 1.29 is 0 Å². The number of rotatable bonds is 5. The van der Waals surface area contributed by atoms with Crippen molar-refractivity contribution in [3.05, 3.63) is 18.7 Å². The van der Waals surface area contributed by atoms with Crippen LogP contribution in [0.3, 0.4) is 0 Å². The van der Waals surface area contributed by atoms with Gasteiger partial charge in [0.15, 0.2) is 0 Å². The van der Waals surface area contributed by atoms with Gasteiger partial charge in [-0.25, -0.2) is 4.98 Å². The minimum Gasteiger partial charge on any atom is -0.368 e. The number of anilines is 2. The summed E-state index contributed by atoms with van der Waals surface area (Å²) >= 11 is 0.